The molecule has 2 aromatic carbocycles. The second kappa shape index (κ2) is 23.1. The molecule has 276 valence electrons. The van der Waals surface area contributed by atoms with Crippen LogP contribution in [0.1, 0.15) is 36.8 Å². The van der Waals surface area contributed by atoms with Crippen LogP contribution in [0.4, 0.5) is 0 Å². The lowest BCUT2D eigenvalue weighted by Crippen LogP contribution is -2.33. The van der Waals surface area contributed by atoms with E-state index in [1.165, 1.54) is 25.7 Å². The minimum absolute atomic E-state index is 0.499. The van der Waals surface area contributed by atoms with Crippen LogP contribution in [0.25, 0.3) is 0 Å². The Balaban J connectivity index is 0.000000193. The maximum atomic E-state index is 9.55. The van der Waals surface area contributed by atoms with Crippen molar-refractivity contribution in [3.8, 4) is 23.3 Å². The highest BCUT2D eigenvalue weighted by Crippen LogP contribution is 2.27. The zero-order valence-electron chi connectivity index (χ0n) is 29.3. The standard InChI is InChI=1S/2C18H22N2O2.C4H4O4/c2*1-2-6-15(7-3-1)13-22-18-17(9-5-11-20-18)21-14-16-8-4-10-19-12-16;5-3(6)1-2-4(7)8/h2*1-3,5-7,9,11,16,19H,4,8,10,12-14H2;1-2H,(H,5,6)(H,7,8)/b;;2-1+/t2*16-;/m00./s1. The highest BCUT2D eigenvalue weighted by molar-refractivity contribution is 5.89. The molecular weight excluding hydrogens is 664 g/mol. The number of carbonyl (C=O) groups is 2. The lowest BCUT2D eigenvalue weighted by atomic mass is 10.0. The van der Waals surface area contributed by atoms with Gasteiger partial charge in [0.2, 0.25) is 0 Å². The topological polar surface area (TPSA) is 161 Å². The van der Waals surface area contributed by atoms with Crippen molar-refractivity contribution in [2.45, 2.75) is 38.9 Å². The predicted molar refractivity (Wildman–Crippen MR) is 197 cm³/mol. The summed E-state index contributed by atoms with van der Waals surface area (Å²) in [5.41, 5.74) is 2.24. The fraction of sp³-hybridized carbons (Fsp3) is 0.350. The molecule has 2 saturated heterocycles. The summed E-state index contributed by atoms with van der Waals surface area (Å²) >= 11 is 0. The molecule has 4 aromatic rings. The van der Waals surface area contributed by atoms with Crippen LogP contribution >= 0.6 is 0 Å². The number of hydrogen-bond acceptors (Lipinski definition) is 10. The Morgan fingerprint density at radius 3 is 1.40 bits per heavy atom. The number of nitrogens with one attached hydrogen (secondary N) is 2. The third kappa shape index (κ3) is 15.6. The molecule has 12 nitrogen and oxygen atoms in total. The van der Waals surface area contributed by atoms with E-state index in [1.807, 2.05) is 84.9 Å². The number of carboxylic acids is 2. The number of ether oxygens (including phenoxy) is 4. The Bertz CT molecular complexity index is 1510. The lowest BCUT2D eigenvalue weighted by molar-refractivity contribution is -0.134. The molecule has 12 heteroatoms. The molecule has 0 amide bonds. The van der Waals surface area contributed by atoms with Gasteiger partial charge in [-0.05, 0) is 74.2 Å². The smallest absolute Gasteiger partial charge is 0.328 e. The van der Waals surface area contributed by atoms with Crippen LogP contribution < -0.4 is 29.6 Å². The first kappa shape index (κ1) is 39.3. The number of carboxylic acid groups (broad SMARTS) is 2. The number of aromatic nitrogens is 2. The van der Waals surface area contributed by atoms with E-state index in [1.54, 1.807) is 12.4 Å². The van der Waals surface area contributed by atoms with Crippen molar-refractivity contribution in [2.75, 3.05) is 39.4 Å². The summed E-state index contributed by atoms with van der Waals surface area (Å²) in [6.45, 7) is 6.71. The minimum atomic E-state index is -1.26. The maximum Gasteiger partial charge on any atom is 0.328 e. The molecule has 6 rings (SSSR count). The van der Waals surface area contributed by atoms with E-state index in [2.05, 4.69) is 20.6 Å². The summed E-state index contributed by atoms with van der Waals surface area (Å²) in [4.78, 5) is 27.7. The van der Waals surface area contributed by atoms with Gasteiger partial charge in [-0.1, -0.05) is 60.7 Å². The van der Waals surface area contributed by atoms with Crippen molar-refractivity contribution in [3.63, 3.8) is 0 Å². The second-order valence-electron chi connectivity index (χ2n) is 12.2. The van der Waals surface area contributed by atoms with Crippen LogP contribution in [-0.4, -0.2) is 71.5 Å². The summed E-state index contributed by atoms with van der Waals surface area (Å²) in [6, 6.07) is 27.8. The summed E-state index contributed by atoms with van der Waals surface area (Å²) in [5.74, 6) is 1.20. The molecular formula is C40H48N4O8. The van der Waals surface area contributed by atoms with Crippen LogP contribution in [0, 0.1) is 11.8 Å². The molecule has 2 atom stereocenters. The largest absolute Gasteiger partial charge is 0.488 e. The van der Waals surface area contributed by atoms with Gasteiger partial charge in [0.15, 0.2) is 11.5 Å². The van der Waals surface area contributed by atoms with Crippen LogP contribution in [0.15, 0.2) is 109 Å². The average molecular weight is 713 g/mol. The quantitative estimate of drug-likeness (QED) is 0.117. The molecule has 52 heavy (non-hydrogen) atoms. The molecule has 4 N–H and O–H groups in total. The van der Waals surface area contributed by atoms with Crippen molar-refractivity contribution < 1.29 is 38.7 Å². The van der Waals surface area contributed by atoms with Crippen molar-refractivity contribution in [2.24, 2.45) is 11.8 Å². The predicted octanol–water partition coefficient (Wildman–Crippen LogP) is 5.79. The molecule has 0 saturated carbocycles. The first-order valence-electron chi connectivity index (χ1n) is 17.5. The van der Waals surface area contributed by atoms with Crippen LogP contribution in [0.2, 0.25) is 0 Å². The van der Waals surface area contributed by atoms with E-state index in [0.717, 1.165) is 48.8 Å². The first-order valence-corrected chi connectivity index (χ1v) is 17.5. The number of hydrogen-bond donors (Lipinski definition) is 4. The van der Waals surface area contributed by atoms with Gasteiger partial charge in [-0.25, -0.2) is 19.6 Å². The number of benzene rings is 2. The number of piperidine rings is 2. The van der Waals surface area contributed by atoms with Gasteiger partial charge in [-0.3, -0.25) is 0 Å². The molecule has 2 aliphatic heterocycles. The van der Waals surface area contributed by atoms with Crippen LogP contribution in [-0.2, 0) is 22.8 Å². The number of rotatable bonds is 14. The van der Waals surface area contributed by atoms with E-state index >= 15 is 0 Å². The third-order valence-electron chi connectivity index (χ3n) is 8.02. The highest BCUT2D eigenvalue weighted by Gasteiger charge is 2.16. The molecule has 2 aromatic heterocycles. The second-order valence-corrected chi connectivity index (χ2v) is 12.2. The molecule has 0 spiro atoms. The van der Waals surface area contributed by atoms with E-state index in [-0.39, 0.29) is 0 Å². The number of aliphatic carboxylic acids is 2. The van der Waals surface area contributed by atoms with Gasteiger partial charge >= 0.3 is 11.9 Å². The average Bonchev–Trinajstić information content (AvgIpc) is 3.19. The molecule has 2 fully saturated rings. The van der Waals surface area contributed by atoms with Gasteiger partial charge < -0.3 is 39.8 Å². The highest BCUT2D eigenvalue weighted by atomic mass is 16.5. The third-order valence-corrected chi connectivity index (χ3v) is 8.02. The summed E-state index contributed by atoms with van der Waals surface area (Å²) in [5, 5.41) is 22.4. The molecule has 0 aliphatic carbocycles. The Morgan fingerprint density at radius 2 is 1.04 bits per heavy atom. The fourth-order valence-corrected chi connectivity index (χ4v) is 5.33. The van der Waals surface area contributed by atoms with Gasteiger partial charge in [0.25, 0.3) is 11.8 Å². The maximum absolute atomic E-state index is 9.55. The number of nitrogens with zero attached hydrogens (tertiary/aromatic N) is 2. The van der Waals surface area contributed by atoms with E-state index in [0.29, 0.717) is 62.2 Å². The van der Waals surface area contributed by atoms with E-state index in [9.17, 15) is 9.59 Å². The fourth-order valence-electron chi connectivity index (χ4n) is 5.33. The molecule has 2 aliphatic rings. The SMILES string of the molecule is O=C(O)/C=C/C(=O)O.c1ccc(COc2ncccc2OC[C@H]2CCCNC2)cc1.c1ccc(COc2ncccc2OC[C@H]2CCCNC2)cc1. The van der Waals surface area contributed by atoms with Crippen molar-refractivity contribution in [3.05, 3.63) is 121 Å². The monoisotopic (exact) mass is 712 g/mol. The summed E-state index contributed by atoms with van der Waals surface area (Å²) in [6.07, 6.45) is 9.45. The van der Waals surface area contributed by atoms with Crippen molar-refractivity contribution in [1.82, 2.24) is 20.6 Å². The van der Waals surface area contributed by atoms with Gasteiger partial charge in [0.05, 0.1) is 13.2 Å². The molecule has 0 bridgehead atoms. The summed E-state index contributed by atoms with van der Waals surface area (Å²) < 4.78 is 23.5. The molecule has 0 radical (unpaired) electrons. The van der Waals surface area contributed by atoms with Gasteiger partial charge in [-0.2, -0.15) is 0 Å². The summed E-state index contributed by atoms with van der Waals surface area (Å²) in [7, 11) is 0. The van der Waals surface area contributed by atoms with Gasteiger partial charge in [-0.15, -0.1) is 0 Å². The van der Waals surface area contributed by atoms with Crippen LogP contribution in [0.3, 0.4) is 0 Å². The first-order chi connectivity index (χ1) is 25.5. The van der Waals surface area contributed by atoms with Crippen molar-refractivity contribution in [1.29, 1.82) is 0 Å². The Labute approximate surface area is 304 Å². The van der Waals surface area contributed by atoms with Gasteiger partial charge in [0.1, 0.15) is 13.2 Å². The Kier molecular flexibility index (Phi) is 17.5. The zero-order valence-corrected chi connectivity index (χ0v) is 29.3. The lowest BCUT2D eigenvalue weighted by Gasteiger charge is -2.23. The molecule has 0 unspecified atom stereocenters. The molecule has 4 heterocycles. The van der Waals surface area contributed by atoms with Gasteiger partial charge in [0, 0.05) is 49.5 Å². The van der Waals surface area contributed by atoms with Crippen LogP contribution in [0.5, 0.6) is 23.3 Å². The normalized spacial score (nSPS) is 16.6. The minimum Gasteiger partial charge on any atom is -0.488 e. The van der Waals surface area contributed by atoms with E-state index < -0.39 is 11.9 Å². The Hall–Kier alpha value is -5.46. The number of pyridine rings is 2. The van der Waals surface area contributed by atoms with E-state index in [4.69, 9.17) is 29.2 Å². The van der Waals surface area contributed by atoms with Crippen molar-refractivity contribution >= 4 is 11.9 Å². The Morgan fingerprint density at radius 1 is 0.615 bits per heavy atom. The zero-order chi connectivity index (χ0) is 36.6.